The monoisotopic (exact) mass is 430 g/mol. The molecule has 0 radical (unpaired) electrons. The third-order valence-corrected chi connectivity index (χ3v) is 6.24. The molecular formula is C23H23FO7. The number of ketones is 1. The molecule has 0 fully saturated rings. The third kappa shape index (κ3) is 2.77. The number of ether oxygens (including phenoxy) is 5. The first kappa shape index (κ1) is 19.9. The summed E-state index contributed by atoms with van der Waals surface area (Å²) in [5.74, 6) is 0.996. The van der Waals surface area contributed by atoms with Crippen LogP contribution in [0.2, 0.25) is 0 Å². The molecule has 0 spiro atoms. The minimum Gasteiger partial charge on any atom is -0.493 e. The number of aliphatic hydroxyl groups is 1. The molecule has 2 aromatic carbocycles. The second-order valence-electron chi connectivity index (χ2n) is 8.46. The van der Waals surface area contributed by atoms with Gasteiger partial charge in [0, 0.05) is 11.6 Å². The Morgan fingerprint density at radius 2 is 1.84 bits per heavy atom. The normalized spacial score (nSPS) is 27.4. The third-order valence-electron chi connectivity index (χ3n) is 6.24. The van der Waals surface area contributed by atoms with Crippen LogP contribution in [0.4, 0.5) is 4.39 Å². The van der Waals surface area contributed by atoms with Crippen molar-refractivity contribution in [2.24, 2.45) is 0 Å². The Morgan fingerprint density at radius 3 is 2.55 bits per heavy atom. The molecule has 5 rings (SSSR count). The summed E-state index contributed by atoms with van der Waals surface area (Å²) < 4.78 is 43.7. The molecule has 0 aliphatic carbocycles. The molecule has 0 saturated heterocycles. The fourth-order valence-corrected chi connectivity index (χ4v) is 4.55. The predicted octanol–water partition coefficient (Wildman–Crippen LogP) is 3.37. The van der Waals surface area contributed by atoms with Gasteiger partial charge in [-0.2, -0.15) is 0 Å². The molecular weight excluding hydrogens is 407 g/mol. The number of hydrogen-bond donors (Lipinski definition) is 1. The highest BCUT2D eigenvalue weighted by Gasteiger charge is 2.49. The summed E-state index contributed by atoms with van der Waals surface area (Å²) in [6.45, 7) is 3.33. The first-order chi connectivity index (χ1) is 14.8. The van der Waals surface area contributed by atoms with Crippen molar-refractivity contribution < 1.29 is 38.0 Å². The fourth-order valence-electron chi connectivity index (χ4n) is 4.55. The molecule has 164 valence electrons. The lowest BCUT2D eigenvalue weighted by atomic mass is 9.80. The van der Waals surface area contributed by atoms with Gasteiger partial charge in [0.25, 0.3) is 0 Å². The second kappa shape index (κ2) is 6.75. The summed E-state index contributed by atoms with van der Waals surface area (Å²) in [5, 5.41) is 10.4. The Morgan fingerprint density at radius 1 is 1.13 bits per heavy atom. The Balaban J connectivity index is 1.62. The maximum atomic E-state index is 15.2. The van der Waals surface area contributed by atoms with Crippen LogP contribution in [-0.2, 0) is 0 Å². The summed E-state index contributed by atoms with van der Waals surface area (Å²) in [5.41, 5.74) is -0.170. The van der Waals surface area contributed by atoms with E-state index in [2.05, 4.69) is 0 Å². The van der Waals surface area contributed by atoms with E-state index in [1.165, 1.54) is 14.2 Å². The van der Waals surface area contributed by atoms with Crippen molar-refractivity contribution >= 4 is 5.78 Å². The average Bonchev–Trinajstić information content (AvgIpc) is 2.75. The highest BCUT2D eigenvalue weighted by atomic mass is 19.1. The number of benzene rings is 2. The maximum absolute atomic E-state index is 15.2. The number of Topliss-reactive ketones (excluding diaryl/α,β-unsaturated/α-hetero) is 1. The summed E-state index contributed by atoms with van der Waals surface area (Å²) in [6.07, 6.45) is -3.81. The van der Waals surface area contributed by atoms with Crippen LogP contribution >= 0.6 is 0 Å². The molecule has 3 heterocycles. The molecule has 7 nitrogen and oxygen atoms in total. The molecule has 3 aliphatic heterocycles. The summed E-state index contributed by atoms with van der Waals surface area (Å²) in [6, 6.07) is 6.54. The quantitative estimate of drug-likeness (QED) is 0.782. The van der Waals surface area contributed by atoms with E-state index in [4.69, 9.17) is 23.7 Å². The van der Waals surface area contributed by atoms with Crippen LogP contribution in [0.1, 0.15) is 47.4 Å². The summed E-state index contributed by atoms with van der Waals surface area (Å²) in [4.78, 5) is 13.5. The predicted molar refractivity (Wildman–Crippen MR) is 108 cm³/mol. The smallest absolute Gasteiger partial charge is 0.178 e. The summed E-state index contributed by atoms with van der Waals surface area (Å²) in [7, 11) is 3.04. The van der Waals surface area contributed by atoms with Gasteiger partial charge in [0.1, 0.15) is 41.7 Å². The lowest BCUT2D eigenvalue weighted by molar-refractivity contribution is -0.0879. The molecule has 8 heteroatoms. The van der Waals surface area contributed by atoms with Crippen molar-refractivity contribution in [1.82, 2.24) is 0 Å². The lowest BCUT2D eigenvalue weighted by Crippen LogP contribution is -2.49. The Hall–Kier alpha value is -3.00. The van der Waals surface area contributed by atoms with E-state index in [0.717, 1.165) is 0 Å². The molecule has 1 N–H and O–H groups in total. The number of carbonyl (C=O) groups excluding carboxylic acids is 1. The van der Waals surface area contributed by atoms with E-state index in [1.807, 2.05) is 0 Å². The molecule has 31 heavy (non-hydrogen) atoms. The number of carbonyl (C=O) groups is 1. The van der Waals surface area contributed by atoms with Crippen molar-refractivity contribution in [3.8, 4) is 28.7 Å². The number of alkyl halides is 1. The molecule has 3 aliphatic rings. The molecule has 0 amide bonds. The Labute approximate surface area is 178 Å². The van der Waals surface area contributed by atoms with Crippen LogP contribution in [-0.4, -0.2) is 49.5 Å². The van der Waals surface area contributed by atoms with Crippen molar-refractivity contribution in [1.29, 1.82) is 0 Å². The zero-order chi connectivity index (χ0) is 22.1. The van der Waals surface area contributed by atoms with E-state index in [9.17, 15) is 9.90 Å². The number of rotatable bonds is 2. The van der Waals surface area contributed by atoms with E-state index < -0.39 is 29.9 Å². The Kier molecular flexibility index (Phi) is 4.34. The van der Waals surface area contributed by atoms with Crippen LogP contribution < -0.4 is 23.7 Å². The van der Waals surface area contributed by atoms with Gasteiger partial charge in [-0.25, -0.2) is 4.39 Å². The lowest BCUT2D eigenvalue weighted by Gasteiger charge is -2.42. The first-order valence-corrected chi connectivity index (χ1v) is 10.0. The minimum atomic E-state index is -1.75. The number of aliphatic hydroxyl groups excluding tert-OH is 1. The topological polar surface area (TPSA) is 83.5 Å². The van der Waals surface area contributed by atoms with Crippen molar-refractivity contribution in [3.05, 3.63) is 41.0 Å². The first-order valence-electron chi connectivity index (χ1n) is 10.0. The molecule has 4 atom stereocenters. The van der Waals surface area contributed by atoms with E-state index in [0.29, 0.717) is 22.8 Å². The van der Waals surface area contributed by atoms with E-state index >= 15 is 4.39 Å². The van der Waals surface area contributed by atoms with Crippen molar-refractivity contribution in [2.45, 2.75) is 43.7 Å². The molecule has 0 saturated carbocycles. The number of hydrogen-bond acceptors (Lipinski definition) is 7. The second-order valence-corrected chi connectivity index (χ2v) is 8.46. The molecule has 2 unspecified atom stereocenters. The fraction of sp³-hybridized carbons (Fsp3) is 0.435. The maximum Gasteiger partial charge on any atom is 0.178 e. The van der Waals surface area contributed by atoms with Gasteiger partial charge in [0.15, 0.2) is 23.5 Å². The van der Waals surface area contributed by atoms with E-state index in [1.54, 1.807) is 38.1 Å². The van der Waals surface area contributed by atoms with Gasteiger partial charge in [0.05, 0.1) is 31.3 Å². The largest absolute Gasteiger partial charge is 0.493 e. The minimum absolute atomic E-state index is 0.0641. The van der Waals surface area contributed by atoms with Gasteiger partial charge in [-0.05, 0) is 32.0 Å². The average molecular weight is 430 g/mol. The zero-order valence-corrected chi connectivity index (χ0v) is 17.6. The van der Waals surface area contributed by atoms with Gasteiger partial charge in [-0.3, -0.25) is 4.79 Å². The van der Waals surface area contributed by atoms with Gasteiger partial charge in [-0.1, -0.05) is 0 Å². The number of halogens is 1. The van der Waals surface area contributed by atoms with Gasteiger partial charge >= 0.3 is 0 Å². The van der Waals surface area contributed by atoms with Crippen LogP contribution in [0.15, 0.2) is 24.3 Å². The SMILES string of the molecule is COc1cc2c(cc1OC)[C@@H]1C(=O)c3ccc4c(c3O[C@@H]1CO2)C(F)C(O)C(C)(C)O4. The van der Waals surface area contributed by atoms with E-state index in [-0.39, 0.29) is 35.0 Å². The standard InChI is InChI=1S/C23H23FO7/c1-23(2)22(26)19(24)18-12(31-23)6-5-10-20(25)17-11-7-14(27-3)15(28-4)8-13(11)29-9-16(17)30-21(10)18/h5-8,16-17,19,22,26H,9H2,1-4H3/t16-,17+,19?,22?/m1/s1. The molecule has 0 bridgehead atoms. The van der Waals surface area contributed by atoms with Crippen molar-refractivity contribution in [2.75, 3.05) is 20.8 Å². The van der Waals surface area contributed by atoms with Crippen LogP contribution in [0.25, 0.3) is 0 Å². The van der Waals surface area contributed by atoms with Gasteiger partial charge in [0.2, 0.25) is 0 Å². The zero-order valence-electron chi connectivity index (χ0n) is 17.6. The number of methoxy groups -OCH3 is 2. The van der Waals surface area contributed by atoms with Crippen LogP contribution in [0, 0.1) is 0 Å². The Bertz CT molecular complexity index is 1080. The highest BCUT2D eigenvalue weighted by molar-refractivity contribution is 6.06. The number of fused-ring (bicyclic) bond motifs is 6. The molecule has 2 aromatic rings. The molecule has 0 aromatic heterocycles. The highest BCUT2D eigenvalue weighted by Crippen LogP contribution is 2.52. The van der Waals surface area contributed by atoms with Gasteiger partial charge < -0.3 is 28.8 Å². The van der Waals surface area contributed by atoms with Crippen LogP contribution in [0.3, 0.4) is 0 Å². The van der Waals surface area contributed by atoms with Crippen molar-refractivity contribution in [3.63, 3.8) is 0 Å². The van der Waals surface area contributed by atoms with Crippen LogP contribution in [0.5, 0.6) is 28.7 Å². The summed E-state index contributed by atoms with van der Waals surface area (Å²) >= 11 is 0. The van der Waals surface area contributed by atoms with Gasteiger partial charge in [-0.15, -0.1) is 0 Å².